The largest absolute Gasteiger partial charge is 0.444 e. The molecule has 3 aliphatic rings. The molecular weight excluding hydrogens is 276 g/mol. The fourth-order valence-corrected chi connectivity index (χ4v) is 4.89. The topological polar surface area (TPSA) is 41.6 Å². The molecule has 1 amide bonds. The Bertz CT molecular complexity index is 382. The van der Waals surface area contributed by atoms with Crippen molar-refractivity contribution in [3.63, 3.8) is 0 Å². The Kier molecular flexibility index (Phi) is 4.67. The summed E-state index contributed by atoms with van der Waals surface area (Å²) in [5.74, 6) is 1.82. The van der Waals surface area contributed by atoms with Gasteiger partial charge in [0.2, 0.25) is 0 Å². The number of hydrogen-bond acceptors (Lipinski definition) is 3. The molecule has 1 heterocycles. The molecule has 0 radical (unpaired) electrons. The Hall–Kier alpha value is -0.770. The molecule has 1 atom stereocenters. The van der Waals surface area contributed by atoms with Crippen LogP contribution in [0.4, 0.5) is 4.79 Å². The molecule has 4 heteroatoms. The number of carbonyl (C=O) groups is 1. The number of rotatable bonds is 2. The fraction of sp³-hybridized carbons (Fsp3) is 0.944. The first-order chi connectivity index (χ1) is 10.4. The van der Waals surface area contributed by atoms with E-state index in [2.05, 4.69) is 10.2 Å². The number of hydrogen-bond donors (Lipinski definition) is 1. The highest BCUT2D eigenvalue weighted by Crippen LogP contribution is 2.43. The maximum absolute atomic E-state index is 11.9. The second-order valence-corrected chi connectivity index (χ2v) is 8.50. The number of fused-ring (bicyclic) bond motifs is 2. The van der Waals surface area contributed by atoms with Gasteiger partial charge >= 0.3 is 6.09 Å². The second-order valence-electron chi connectivity index (χ2n) is 8.50. The molecule has 2 bridgehead atoms. The van der Waals surface area contributed by atoms with Crippen LogP contribution in [0.1, 0.15) is 65.7 Å². The lowest BCUT2D eigenvalue weighted by molar-refractivity contribution is 0.0327. The molecule has 3 fully saturated rings. The number of carbonyl (C=O) groups excluding carboxylic acids is 1. The third kappa shape index (κ3) is 3.76. The maximum Gasteiger partial charge on any atom is 0.407 e. The van der Waals surface area contributed by atoms with Gasteiger partial charge in [0.05, 0.1) is 0 Å². The Labute approximate surface area is 135 Å². The van der Waals surface area contributed by atoms with E-state index in [9.17, 15) is 4.79 Å². The minimum Gasteiger partial charge on any atom is -0.444 e. The van der Waals surface area contributed by atoms with E-state index in [0.29, 0.717) is 0 Å². The smallest absolute Gasteiger partial charge is 0.407 e. The van der Waals surface area contributed by atoms with Crippen molar-refractivity contribution >= 4 is 6.09 Å². The van der Waals surface area contributed by atoms with Gasteiger partial charge in [-0.25, -0.2) is 4.79 Å². The molecule has 4 nitrogen and oxygen atoms in total. The van der Waals surface area contributed by atoms with Crippen LogP contribution in [-0.2, 0) is 4.74 Å². The van der Waals surface area contributed by atoms with Crippen molar-refractivity contribution in [1.82, 2.24) is 10.2 Å². The third-order valence-electron chi connectivity index (χ3n) is 5.63. The van der Waals surface area contributed by atoms with Gasteiger partial charge in [0.25, 0.3) is 0 Å². The zero-order valence-electron chi connectivity index (χ0n) is 14.4. The number of nitrogens with zero attached hydrogens (tertiary/aromatic N) is 1. The van der Waals surface area contributed by atoms with E-state index in [4.69, 9.17) is 4.74 Å². The highest BCUT2D eigenvalue weighted by molar-refractivity contribution is 5.68. The Balaban J connectivity index is 1.53. The van der Waals surface area contributed by atoms with Crippen molar-refractivity contribution in [1.29, 1.82) is 0 Å². The van der Waals surface area contributed by atoms with Gasteiger partial charge < -0.3 is 10.1 Å². The lowest BCUT2D eigenvalue weighted by atomic mass is 9.68. The minimum atomic E-state index is -0.414. The highest BCUT2D eigenvalue weighted by Gasteiger charge is 2.42. The lowest BCUT2D eigenvalue weighted by Crippen LogP contribution is -2.50. The van der Waals surface area contributed by atoms with Gasteiger partial charge in [0.1, 0.15) is 5.60 Å². The monoisotopic (exact) mass is 308 g/mol. The average Bonchev–Trinajstić information content (AvgIpc) is 2.83. The number of amides is 1. The summed E-state index contributed by atoms with van der Waals surface area (Å²) in [5, 5.41) is 3.07. The van der Waals surface area contributed by atoms with E-state index in [0.717, 1.165) is 37.4 Å². The molecule has 1 saturated heterocycles. The van der Waals surface area contributed by atoms with E-state index in [-0.39, 0.29) is 12.1 Å². The van der Waals surface area contributed by atoms with Crippen LogP contribution in [0.2, 0.25) is 0 Å². The van der Waals surface area contributed by atoms with Crippen LogP contribution < -0.4 is 5.32 Å². The van der Waals surface area contributed by atoms with E-state index >= 15 is 0 Å². The molecule has 0 unspecified atom stereocenters. The summed E-state index contributed by atoms with van der Waals surface area (Å²) in [7, 11) is 0. The Morgan fingerprint density at radius 1 is 1.05 bits per heavy atom. The molecule has 3 rings (SSSR count). The normalized spacial score (nSPS) is 36.1. The van der Waals surface area contributed by atoms with Crippen LogP contribution >= 0.6 is 0 Å². The number of alkyl carbamates (subject to hydrolysis) is 1. The van der Waals surface area contributed by atoms with Crippen molar-refractivity contribution in [2.75, 3.05) is 13.1 Å². The van der Waals surface area contributed by atoms with E-state index in [1.165, 1.54) is 38.5 Å². The van der Waals surface area contributed by atoms with Crippen LogP contribution in [0.15, 0.2) is 0 Å². The van der Waals surface area contributed by atoms with Crippen molar-refractivity contribution in [3.8, 4) is 0 Å². The summed E-state index contributed by atoms with van der Waals surface area (Å²) in [6.07, 6.45) is 9.34. The zero-order chi connectivity index (χ0) is 15.7. The van der Waals surface area contributed by atoms with Crippen molar-refractivity contribution in [2.24, 2.45) is 11.8 Å². The number of likely N-dealkylation sites (tertiary alicyclic amines) is 1. The van der Waals surface area contributed by atoms with Crippen molar-refractivity contribution in [2.45, 2.75) is 83.4 Å². The van der Waals surface area contributed by atoms with Crippen LogP contribution in [0.25, 0.3) is 0 Å². The van der Waals surface area contributed by atoms with Crippen LogP contribution in [0.5, 0.6) is 0 Å². The summed E-state index contributed by atoms with van der Waals surface area (Å²) >= 11 is 0. The summed E-state index contributed by atoms with van der Waals surface area (Å²) in [6.45, 7) is 7.89. The first-order valence-corrected chi connectivity index (χ1v) is 9.16. The summed E-state index contributed by atoms with van der Waals surface area (Å²) in [6, 6.07) is 1.05. The van der Waals surface area contributed by atoms with Gasteiger partial charge in [-0.3, -0.25) is 4.90 Å². The zero-order valence-corrected chi connectivity index (χ0v) is 14.4. The standard InChI is InChI=1S/C18H32N2O2/c1-18(2,3)22-17(21)19-15-10-11-20(12-15)16-13-6-4-7-14(16)9-5-8-13/h13-16H,4-12H2,1-3H3,(H,19,21)/t13?,14?,15-,16?/m1/s1. The van der Waals surface area contributed by atoms with Gasteiger partial charge in [-0.05, 0) is 64.7 Å². The lowest BCUT2D eigenvalue weighted by Gasteiger charge is -2.47. The summed E-state index contributed by atoms with van der Waals surface area (Å²) < 4.78 is 5.39. The predicted octanol–water partition coefficient (Wildman–Crippen LogP) is 3.55. The van der Waals surface area contributed by atoms with Crippen molar-refractivity contribution < 1.29 is 9.53 Å². The summed E-state index contributed by atoms with van der Waals surface area (Å²) in [4.78, 5) is 14.6. The molecular formula is C18H32N2O2. The van der Waals surface area contributed by atoms with E-state index in [1.807, 2.05) is 20.8 Å². The SMILES string of the molecule is CC(C)(C)OC(=O)N[C@@H]1CCN(C2C3CCCC2CCC3)C1. The third-order valence-corrected chi connectivity index (χ3v) is 5.63. The second kappa shape index (κ2) is 6.38. The van der Waals surface area contributed by atoms with Gasteiger partial charge in [-0.15, -0.1) is 0 Å². The van der Waals surface area contributed by atoms with Gasteiger partial charge in [0, 0.05) is 25.2 Å². The summed E-state index contributed by atoms with van der Waals surface area (Å²) in [5.41, 5.74) is -0.414. The molecule has 1 aliphatic heterocycles. The first-order valence-electron chi connectivity index (χ1n) is 9.16. The highest BCUT2D eigenvalue weighted by atomic mass is 16.6. The molecule has 22 heavy (non-hydrogen) atoms. The number of ether oxygens (including phenoxy) is 1. The fourth-order valence-electron chi connectivity index (χ4n) is 4.89. The van der Waals surface area contributed by atoms with Crippen LogP contribution in [0, 0.1) is 11.8 Å². The van der Waals surface area contributed by atoms with Crippen molar-refractivity contribution in [3.05, 3.63) is 0 Å². The molecule has 0 aromatic rings. The van der Waals surface area contributed by atoms with Gasteiger partial charge in [-0.1, -0.05) is 12.8 Å². The quantitative estimate of drug-likeness (QED) is 0.848. The molecule has 0 aromatic heterocycles. The van der Waals surface area contributed by atoms with E-state index in [1.54, 1.807) is 0 Å². The Morgan fingerprint density at radius 3 is 2.18 bits per heavy atom. The van der Waals surface area contributed by atoms with Crippen LogP contribution in [-0.4, -0.2) is 41.8 Å². The number of nitrogens with one attached hydrogen (secondary N) is 1. The van der Waals surface area contributed by atoms with Gasteiger partial charge in [-0.2, -0.15) is 0 Å². The first kappa shape index (κ1) is 16.1. The maximum atomic E-state index is 11.9. The Morgan fingerprint density at radius 2 is 1.64 bits per heavy atom. The van der Waals surface area contributed by atoms with Crippen LogP contribution in [0.3, 0.4) is 0 Å². The van der Waals surface area contributed by atoms with E-state index < -0.39 is 5.60 Å². The molecule has 2 saturated carbocycles. The van der Waals surface area contributed by atoms with Gasteiger partial charge in [0.15, 0.2) is 0 Å². The molecule has 0 spiro atoms. The molecule has 2 aliphatic carbocycles. The molecule has 126 valence electrons. The molecule has 1 N–H and O–H groups in total. The predicted molar refractivity (Wildman–Crippen MR) is 87.8 cm³/mol. The average molecular weight is 308 g/mol. The minimum absolute atomic E-state index is 0.261. The molecule has 0 aromatic carbocycles.